The summed E-state index contributed by atoms with van der Waals surface area (Å²) in [5, 5.41) is 0. The first kappa shape index (κ1) is 25.7. The Morgan fingerprint density at radius 1 is 0.727 bits per heavy atom. The third-order valence-electron chi connectivity index (χ3n) is 7.34. The van der Waals surface area contributed by atoms with Gasteiger partial charge in [0.1, 0.15) is 5.75 Å². The zero-order valence-corrected chi connectivity index (χ0v) is 21.2. The van der Waals surface area contributed by atoms with Gasteiger partial charge < -0.3 is 4.74 Å². The van der Waals surface area contributed by atoms with Crippen molar-refractivity contribution in [1.29, 1.82) is 0 Å². The van der Waals surface area contributed by atoms with Crippen LogP contribution < -0.4 is 4.74 Å². The predicted octanol–water partition coefficient (Wildman–Crippen LogP) is 8.81. The van der Waals surface area contributed by atoms with Crippen molar-refractivity contribution in [3.8, 4) is 17.1 Å². The molecule has 0 spiro atoms. The quantitative estimate of drug-likeness (QED) is 0.254. The molecule has 1 aliphatic rings. The van der Waals surface area contributed by atoms with Gasteiger partial charge in [0.15, 0.2) is 5.82 Å². The zero-order chi connectivity index (χ0) is 23.1. The zero-order valence-electron chi connectivity index (χ0n) is 21.2. The van der Waals surface area contributed by atoms with E-state index in [1.807, 2.05) is 12.4 Å². The lowest BCUT2D eigenvalue weighted by atomic mass is 9.78. The molecule has 1 saturated carbocycles. The lowest BCUT2D eigenvalue weighted by molar-refractivity contribution is 0.228. The van der Waals surface area contributed by atoms with Crippen molar-refractivity contribution in [2.45, 2.75) is 110 Å². The normalized spacial score (nSPS) is 18.4. The lowest BCUT2D eigenvalue weighted by Crippen LogP contribution is -2.15. The number of ether oxygens (including phenoxy) is 1. The van der Waals surface area contributed by atoms with Crippen molar-refractivity contribution < 1.29 is 4.74 Å². The van der Waals surface area contributed by atoms with Gasteiger partial charge in [-0.25, -0.2) is 9.97 Å². The highest BCUT2D eigenvalue weighted by Gasteiger charge is 2.20. The minimum absolute atomic E-state index is 0.793. The van der Waals surface area contributed by atoms with Gasteiger partial charge in [-0.3, -0.25) is 0 Å². The molecule has 0 bridgehead atoms. The van der Waals surface area contributed by atoms with E-state index in [-0.39, 0.29) is 0 Å². The Morgan fingerprint density at radius 2 is 1.33 bits per heavy atom. The maximum absolute atomic E-state index is 6.02. The molecule has 1 heterocycles. The first-order valence-corrected chi connectivity index (χ1v) is 13.8. The molecule has 2 aromatic rings. The third kappa shape index (κ3) is 9.47. The van der Waals surface area contributed by atoms with E-state index in [0.717, 1.165) is 48.4 Å². The van der Waals surface area contributed by atoms with Crippen LogP contribution in [0.3, 0.4) is 0 Å². The smallest absolute Gasteiger partial charge is 0.159 e. The minimum Gasteiger partial charge on any atom is -0.494 e. The van der Waals surface area contributed by atoms with Crippen molar-refractivity contribution >= 4 is 0 Å². The van der Waals surface area contributed by atoms with Crippen molar-refractivity contribution in [3.63, 3.8) is 0 Å². The van der Waals surface area contributed by atoms with E-state index < -0.39 is 0 Å². The van der Waals surface area contributed by atoms with Crippen LogP contribution in [0, 0.1) is 11.8 Å². The van der Waals surface area contributed by atoms with Crippen LogP contribution in [0.25, 0.3) is 11.4 Å². The molecular weight excluding hydrogens is 404 g/mol. The monoisotopic (exact) mass is 450 g/mol. The van der Waals surface area contributed by atoms with Gasteiger partial charge in [-0.1, -0.05) is 84.5 Å². The van der Waals surface area contributed by atoms with E-state index in [4.69, 9.17) is 4.74 Å². The van der Waals surface area contributed by atoms with E-state index in [9.17, 15) is 0 Å². The molecule has 1 aromatic carbocycles. The average molecular weight is 451 g/mol. The van der Waals surface area contributed by atoms with Crippen LogP contribution in [0.4, 0.5) is 0 Å². The van der Waals surface area contributed by atoms with E-state index in [1.165, 1.54) is 89.0 Å². The Kier molecular flexibility index (Phi) is 11.8. The fraction of sp³-hybridized carbons (Fsp3) is 0.667. The summed E-state index contributed by atoms with van der Waals surface area (Å²) in [6.45, 7) is 5.35. The summed E-state index contributed by atoms with van der Waals surface area (Å²) in [7, 11) is 0. The Morgan fingerprint density at radius 3 is 1.97 bits per heavy atom. The molecule has 3 rings (SSSR count). The highest BCUT2D eigenvalue weighted by atomic mass is 16.5. The maximum Gasteiger partial charge on any atom is 0.159 e. The van der Waals surface area contributed by atoms with Crippen LogP contribution in [-0.4, -0.2) is 16.6 Å². The SMILES string of the molecule is CCCCCCC1CCC(CCCOc2ccc(-c3ncc(CCCCC)cn3)cc2)CC1. The van der Waals surface area contributed by atoms with Gasteiger partial charge in [-0.2, -0.15) is 0 Å². The lowest BCUT2D eigenvalue weighted by Gasteiger charge is -2.28. The molecule has 1 aromatic heterocycles. The fourth-order valence-corrected chi connectivity index (χ4v) is 5.14. The maximum atomic E-state index is 6.02. The summed E-state index contributed by atoms with van der Waals surface area (Å²) in [5.74, 6) is 3.67. The summed E-state index contributed by atoms with van der Waals surface area (Å²) < 4.78 is 6.02. The molecule has 0 N–H and O–H groups in total. The van der Waals surface area contributed by atoms with Gasteiger partial charge in [0.05, 0.1) is 6.61 Å². The molecule has 0 aliphatic heterocycles. The van der Waals surface area contributed by atoms with E-state index >= 15 is 0 Å². The van der Waals surface area contributed by atoms with Gasteiger partial charge in [0.25, 0.3) is 0 Å². The highest BCUT2D eigenvalue weighted by molar-refractivity contribution is 5.55. The second kappa shape index (κ2) is 15.1. The summed E-state index contributed by atoms with van der Waals surface area (Å²) in [6.07, 6.45) is 24.1. The number of benzene rings is 1. The van der Waals surface area contributed by atoms with Crippen LogP contribution in [0.2, 0.25) is 0 Å². The molecule has 0 unspecified atom stereocenters. The van der Waals surface area contributed by atoms with Gasteiger partial charge in [0.2, 0.25) is 0 Å². The van der Waals surface area contributed by atoms with Gasteiger partial charge in [-0.05, 0) is 67.3 Å². The van der Waals surface area contributed by atoms with Crippen LogP contribution in [-0.2, 0) is 6.42 Å². The Bertz CT molecular complexity index is 748. The summed E-state index contributed by atoms with van der Waals surface area (Å²) >= 11 is 0. The Hall–Kier alpha value is -1.90. The average Bonchev–Trinajstić information content (AvgIpc) is 2.86. The molecular formula is C30H46N2O. The van der Waals surface area contributed by atoms with Crippen molar-refractivity contribution in [2.24, 2.45) is 11.8 Å². The standard InChI is InChI=1S/C30H46N2O/c1-3-5-7-9-11-25-14-16-26(17-15-25)13-10-22-33-29-20-18-28(19-21-29)30-31-23-27(24-32-30)12-8-6-4-2/h18-21,23-26H,3-17,22H2,1-2H3. The van der Waals surface area contributed by atoms with Gasteiger partial charge >= 0.3 is 0 Å². The first-order chi connectivity index (χ1) is 16.3. The fourth-order valence-electron chi connectivity index (χ4n) is 5.14. The van der Waals surface area contributed by atoms with Crippen LogP contribution in [0.5, 0.6) is 5.75 Å². The summed E-state index contributed by atoms with van der Waals surface area (Å²) in [5.41, 5.74) is 2.28. The van der Waals surface area contributed by atoms with E-state index in [1.54, 1.807) is 0 Å². The number of aromatic nitrogens is 2. The molecule has 0 saturated heterocycles. The Labute approximate surface area is 202 Å². The van der Waals surface area contributed by atoms with Crippen molar-refractivity contribution in [1.82, 2.24) is 9.97 Å². The number of hydrogen-bond donors (Lipinski definition) is 0. The second-order valence-corrected chi connectivity index (χ2v) is 10.1. The molecule has 0 radical (unpaired) electrons. The summed E-state index contributed by atoms with van der Waals surface area (Å²) in [6, 6.07) is 8.25. The van der Waals surface area contributed by atoms with Gasteiger partial charge in [-0.15, -0.1) is 0 Å². The molecule has 3 nitrogen and oxygen atoms in total. The molecule has 1 fully saturated rings. The largest absolute Gasteiger partial charge is 0.494 e. The second-order valence-electron chi connectivity index (χ2n) is 10.1. The number of nitrogens with zero attached hydrogens (tertiary/aromatic N) is 2. The van der Waals surface area contributed by atoms with Gasteiger partial charge in [0, 0.05) is 18.0 Å². The topological polar surface area (TPSA) is 35.0 Å². The number of aryl methyl sites for hydroxylation is 1. The van der Waals surface area contributed by atoms with Crippen LogP contribution in [0.1, 0.15) is 109 Å². The predicted molar refractivity (Wildman–Crippen MR) is 140 cm³/mol. The Balaban J connectivity index is 1.30. The first-order valence-electron chi connectivity index (χ1n) is 13.8. The van der Waals surface area contributed by atoms with Crippen LogP contribution >= 0.6 is 0 Å². The van der Waals surface area contributed by atoms with Crippen LogP contribution in [0.15, 0.2) is 36.7 Å². The number of unbranched alkanes of at least 4 members (excludes halogenated alkanes) is 5. The molecule has 0 atom stereocenters. The molecule has 1 aliphatic carbocycles. The molecule has 33 heavy (non-hydrogen) atoms. The van der Waals surface area contributed by atoms with E-state index in [0.29, 0.717) is 0 Å². The highest BCUT2D eigenvalue weighted by Crippen LogP contribution is 2.34. The summed E-state index contributed by atoms with van der Waals surface area (Å²) in [4.78, 5) is 9.12. The molecule has 0 amide bonds. The minimum atomic E-state index is 0.793. The number of hydrogen-bond acceptors (Lipinski definition) is 3. The third-order valence-corrected chi connectivity index (χ3v) is 7.34. The van der Waals surface area contributed by atoms with Crippen molar-refractivity contribution in [2.75, 3.05) is 6.61 Å². The number of rotatable bonds is 15. The molecule has 3 heteroatoms. The van der Waals surface area contributed by atoms with E-state index in [2.05, 4.69) is 48.1 Å². The van der Waals surface area contributed by atoms with Crippen molar-refractivity contribution in [3.05, 3.63) is 42.2 Å². The molecule has 182 valence electrons.